The molecule has 0 bridgehead atoms. The van der Waals surface area contributed by atoms with Crippen LogP contribution in [0.5, 0.6) is 5.75 Å². The maximum atomic E-state index is 11.8. The minimum Gasteiger partial charge on any atom is -0.497 e. The molecule has 92 valence electrons. The molecule has 0 aromatic heterocycles. The fourth-order valence-electron chi connectivity index (χ4n) is 2.66. The Balaban J connectivity index is 2.34. The molecule has 0 saturated heterocycles. The third kappa shape index (κ3) is 2.32. The molecule has 0 radical (unpaired) electrons. The Morgan fingerprint density at radius 3 is 2.24 bits per heavy atom. The minimum atomic E-state index is -0.466. The van der Waals surface area contributed by atoms with Gasteiger partial charge in [-0.25, -0.2) is 0 Å². The maximum absolute atomic E-state index is 11.8. The predicted octanol–water partition coefficient (Wildman–Crippen LogP) is 3.66. The van der Waals surface area contributed by atoms with Crippen LogP contribution in [0.25, 0.3) is 0 Å². The van der Waals surface area contributed by atoms with Gasteiger partial charge in [-0.15, -0.1) is 0 Å². The van der Waals surface area contributed by atoms with Crippen LogP contribution in [0.15, 0.2) is 24.3 Å². The van der Waals surface area contributed by atoms with Crippen LogP contribution in [-0.2, 0) is 10.2 Å². The van der Waals surface area contributed by atoms with Crippen molar-refractivity contribution in [2.75, 3.05) is 7.11 Å². The highest BCUT2D eigenvalue weighted by Crippen LogP contribution is 2.41. The van der Waals surface area contributed by atoms with Crippen LogP contribution in [0.3, 0.4) is 0 Å². The van der Waals surface area contributed by atoms with Crippen molar-refractivity contribution in [3.05, 3.63) is 29.8 Å². The number of benzene rings is 1. The van der Waals surface area contributed by atoms with Crippen LogP contribution in [0.4, 0.5) is 0 Å². The number of hydrogen-bond donors (Lipinski definition) is 0. The molecule has 0 spiro atoms. The molecule has 1 aliphatic carbocycles. The third-order valence-corrected chi connectivity index (χ3v) is 4.09. The lowest BCUT2D eigenvalue weighted by atomic mass is 9.70. The summed E-state index contributed by atoms with van der Waals surface area (Å²) in [7, 11) is 1.64. The van der Waals surface area contributed by atoms with E-state index in [1.807, 2.05) is 24.3 Å². The zero-order valence-corrected chi connectivity index (χ0v) is 10.8. The van der Waals surface area contributed by atoms with Gasteiger partial charge >= 0.3 is 0 Å². The molecule has 0 unspecified atom stereocenters. The SMILES string of the molecule is COc1ccc(C2(C(=O)Cl)CCCCC2)cc1. The summed E-state index contributed by atoms with van der Waals surface area (Å²) in [5.74, 6) is 0.807. The zero-order valence-electron chi connectivity index (χ0n) is 10.0. The molecular weight excluding hydrogens is 236 g/mol. The van der Waals surface area contributed by atoms with Crippen molar-refractivity contribution in [2.24, 2.45) is 0 Å². The average Bonchev–Trinajstić information content (AvgIpc) is 2.39. The van der Waals surface area contributed by atoms with E-state index in [2.05, 4.69) is 0 Å². The van der Waals surface area contributed by atoms with E-state index in [4.69, 9.17) is 16.3 Å². The Kier molecular flexibility index (Phi) is 3.72. The molecule has 0 aliphatic heterocycles. The predicted molar refractivity (Wildman–Crippen MR) is 68.6 cm³/mol. The molecule has 0 heterocycles. The van der Waals surface area contributed by atoms with Crippen molar-refractivity contribution in [3.63, 3.8) is 0 Å². The van der Waals surface area contributed by atoms with Crippen molar-refractivity contribution in [3.8, 4) is 5.75 Å². The summed E-state index contributed by atoms with van der Waals surface area (Å²) in [6.45, 7) is 0. The molecule has 3 heteroatoms. The average molecular weight is 253 g/mol. The van der Waals surface area contributed by atoms with Gasteiger partial charge < -0.3 is 4.74 Å². The fourth-order valence-corrected chi connectivity index (χ4v) is 2.96. The van der Waals surface area contributed by atoms with Crippen molar-refractivity contribution < 1.29 is 9.53 Å². The monoisotopic (exact) mass is 252 g/mol. The summed E-state index contributed by atoms with van der Waals surface area (Å²) >= 11 is 5.85. The highest BCUT2D eigenvalue weighted by molar-refractivity contribution is 6.65. The van der Waals surface area contributed by atoms with E-state index in [0.717, 1.165) is 37.0 Å². The molecule has 2 rings (SSSR count). The number of carbonyl (C=O) groups excluding carboxylic acids is 1. The number of methoxy groups -OCH3 is 1. The van der Waals surface area contributed by atoms with Crippen LogP contribution < -0.4 is 4.74 Å². The first kappa shape index (κ1) is 12.4. The van der Waals surface area contributed by atoms with Gasteiger partial charge in [0.25, 0.3) is 0 Å². The first-order chi connectivity index (χ1) is 8.19. The second-order valence-corrected chi connectivity index (χ2v) is 4.99. The second kappa shape index (κ2) is 5.09. The largest absolute Gasteiger partial charge is 0.497 e. The number of ether oxygens (including phenoxy) is 1. The quantitative estimate of drug-likeness (QED) is 0.768. The van der Waals surface area contributed by atoms with Gasteiger partial charge in [-0.3, -0.25) is 4.79 Å². The summed E-state index contributed by atoms with van der Waals surface area (Å²) in [5, 5.41) is -0.220. The van der Waals surface area contributed by atoms with Crippen LogP contribution in [0.1, 0.15) is 37.7 Å². The number of halogens is 1. The summed E-state index contributed by atoms with van der Waals surface area (Å²) in [5.41, 5.74) is 0.560. The van der Waals surface area contributed by atoms with Crippen LogP contribution in [0, 0.1) is 0 Å². The molecule has 0 amide bonds. The van der Waals surface area contributed by atoms with Crippen LogP contribution in [-0.4, -0.2) is 12.4 Å². The standard InChI is InChI=1S/C14H17ClO2/c1-17-12-7-5-11(6-8-12)14(13(15)16)9-3-2-4-10-14/h5-8H,2-4,9-10H2,1H3. The molecule has 0 N–H and O–H groups in total. The van der Waals surface area contributed by atoms with E-state index < -0.39 is 5.41 Å². The maximum Gasteiger partial charge on any atom is 0.232 e. The van der Waals surface area contributed by atoms with E-state index in [-0.39, 0.29) is 5.24 Å². The lowest BCUT2D eigenvalue weighted by Gasteiger charge is -2.34. The summed E-state index contributed by atoms with van der Waals surface area (Å²) < 4.78 is 5.13. The van der Waals surface area contributed by atoms with Gasteiger partial charge in [0.05, 0.1) is 12.5 Å². The Bertz CT molecular complexity index is 391. The molecule has 1 aromatic rings. The lowest BCUT2D eigenvalue weighted by molar-refractivity contribution is -0.117. The van der Waals surface area contributed by atoms with Gasteiger partial charge in [0.1, 0.15) is 5.75 Å². The summed E-state index contributed by atoms with van der Waals surface area (Å²) in [4.78, 5) is 11.8. The third-order valence-electron chi connectivity index (χ3n) is 3.73. The van der Waals surface area contributed by atoms with Crippen molar-refractivity contribution >= 4 is 16.8 Å². The molecular formula is C14H17ClO2. The second-order valence-electron chi connectivity index (χ2n) is 4.64. The van der Waals surface area contributed by atoms with E-state index in [1.54, 1.807) is 7.11 Å². The Morgan fingerprint density at radius 2 is 1.76 bits per heavy atom. The molecule has 2 nitrogen and oxygen atoms in total. The number of hydrogen-bond acceptors (Lipinski definition) is 2. The first-order valence-electron chi connectivity index (χ1n) is 6.03. The summed E-state index contributed by atoms with van der Waals surface area (Å²) in [6, 6.07) is 7.71. The Labute approximate surface area is 107 Å². The van der Waals surface area contributed by atoms with Crippen molar-refractivity contribution in [1.29, 1.82) is 0 Å². The van der Waals surface area contributed by atoms with Gasteiger partial charge in [0.15, 0.2) is 0 Å². The van der Waals surface area contributed by atoms with Crippen LogP contribution >= 0.6 is 11.6 Å². The fraction of sp³-hybridized carbons (Fsp3) is 0.500. The van der Waals surface area contributed by atoms with E-state index >= 15 is 0 Å². The molecule has 1 saturated carbocycles. The normalized spacial score (nSPS) is 18.7. The van der Waals surface area contributed by atoms with E-state index in [0.29, 0.717) is 0 Å². The minimum absolute atomic E-state index is 0.220. The Morgan fingerprint density at radius 1 is 1.18 bits per heavy atom. The van der Waals surface area contributed by atoms with Gasteiger partial charge in [-0.2, -0.15) is 0 Å². The van der Waals surface area contributed by atoms with Gasteiger partial charge in [-0.1, -0.05) is 31.4 Å². The molecule has 0 atom stereocenters. The highest BCUT2D eigenvalue weighted by atomic mass is 35.5. The van der Waals surface area contributed by atoms with Gasteiger partial charge in [0.2, 0.25) is 5.24 Å². The van der Waals surface area contributed by atoms with Crippen LogP contribution in [0.2, 0.25) is 0 Å². The first-order valence-corrected chi connectivity index (χ1v) is 6.41. The van der Waals surface area contributed by atoms with Gasteiger partial charge in [-0.05, 0) is 42.1 Å². The lowest BCUT2D eigenvalue weighted by Crippen LogP contribution is -2.35. The van der Waals surface area contributed by atoms with Crippen molar-refractivity contribution in [1.82, 2.24) is 0 Å². The molecule has 1 aromatic carbocycles. The van der Waals surface area contributed by atoms with Crippen molar-refractivity contribution in [2.45, 2.75) is 37.5 Å². The number of rotatable bonds is 3. The number of carbonyl (C=O) groups is 1. The summed E-state index contributed by atoms with van der Waals surface area (Å²) in [6.07, 6.45) is 5.07. The zero-order chi connectivity index (χ0) is 12.3. The smallest absolute Gasteiger partial charge is 0.232 e. The molecule has 1 aliphatic rings. The highest BCUT2D eigenvalue weighted by Gasteiger charge is 2.39. The van der Waals surface area contributed by atoms with E-state index in [1.165, 1.54) is 6.42 Å². The van der Waals surface area contributed by atoms with E-state index in [9.17, 15) is 4.79 Å². The van der Waals surface area contributed by atoms with Gasteiger partial charge in [0, 0.05) is 0 Å². The molecule has 17 heavy (non-hydrogen) atoms. The Hall–Kier alpha value is -1.02. The molecule has 1 fully saturated rings. The topological polar surface area (TPSA) is 26.3 Å².